The molecule has 2 nitrogen and oxygen atoms in total. The number of rotatable bonds is 3. The van der Waals surface area contributed by atoms with Crippen LogP contribution in [0.4, 0.5) is 0 Å². The average Bonchev–Trinajstić information content (AvgIpc) is 2.88. The van der Waals surface area contributed by atoms with Crippen LogP contribution in [0.2, 0.25) is 5.15 Å². The van der Waals surface area contributed by atoms with E-state index in [9.17, 15) is 0 Å². The minimum Gasteiger partial charge on any atom is -0.243 e. The summed E-state index contributed by atoms with van der Waals surface area (Å²) in [5.41, 5.74) is 7.76. The first kappa shape index (κ1) is 19.7. The number of hydrogen-bond acceptors (Lipinski definition) is 2. The van der Waals surface area contributed by atoms with E-state index in [-0.39, 0.29) is 0 Å². The van der Waals surface area contributed by atoms with Crippen LogP contribution in [-0.4, -0.2) is 9.97 Å². The largest absolute Gasteiger partial charge is 0.243 e. The molecule has 0 spiro atoms. The summed E-state index contributed by atoms with van der Waals surface area (Å²) in [6, 6.07) is 39.5. The van der Waals surface area contributed by atoms with Crippen molar-refractivity contribution in [3.05, 3.63) is 120 Å². The van der Waals surface area contributed by atoms with Crippen LogP contribution in [0.25, 0.3) is 55.3 Å². The second-order valence-electron chi connectivity index (χ2n) is 8.04. The SMILES string of the molecule is Clc1nc2cc(-c3ccccc3)c(-c3ccccc3)cc2nc1-c1ccc2ccccc2c1. The molecule has 156 valence electrons. The Hall–Kier alpha value is -4.01. The minimum atomic E-state index is 0.407. The normalized spacial score (nSPS) is 11.2. The van der Waals surface area contributed by atoms with E-state index >= 15 is 0 Å². The Balaban J connectivity index is 1.59. The summed E-state index contributed by atoms with van der Waals surface area (Å²) in [7, 11) is 0. The van der Waals surface area contributed by atoms with Gasteiger partial charge in [-0.1, -0.05) is 109 Å². The van der Waals surface area contributed by atoms with Gasteiger partial charge in [0.25, 0.3) is 0 Å². The molecule has 6 rings (SSSR count). The molecule has 0 unspecified atom stereocenters. The van der Waals surface area contributed by atoms with Gasteiger partial charge in [-0.25, -0.2) is 9.97 Å². The number of fused-ring (bicyclic) bond motifs is 2. The fraction of sp³-hybridized carbons (Fsp3) is 0. The Morgan fingerprint density at radius 1 is 0.455 bits per heavy atom. The van der Waals surface area contributed by atoms with Crippen LogP contribution in [-0.2, 0) is 0 Å². The molecule has 0 radical (unpaired) electrons. The predicted molar refractivity (Wildman–Crippen MR) is 138 cm³/mol. The first-order valence-electron chi connectivity index (χ1n) is 10.9. The molecule has 0 fully saturated rings. The lowest BCUT2D eigenvalue weighted by molar-refractivity contribution is 1.29. The van der Waals surface area contributed by atoms with Crippen LogP contribution in [0.3, 0.4) is 0 Å². The molecule has 0 aliphatic carbocycles. The third kappa shape index (κ3) is 3.65. The van der Waals surface area contributed by atoms with Crippen LogP contribution in [0, 0.1) is 0 Å². The third-order valence-electron chi connectivity index (χ3n) is 5.95. The zero-order chi connectivity index (χ0) is 22.2. The molecule has 1 aromatic heterocycles. The fourth-order valence-corrected chi connectivity index (χ4v) is 4.56. The summed E-state index contributed by atoms with van der Waals surface area (Å²) in [5, 5.41) is 2.74. The molecule has 0 saturated heterocycles. The molecule has 3 heteroatoms. The summed E-state index contributed by atoms with van der Waals surface area (Å²) in [6.45, 7) is 0. The van der Waals surface area contributed by atoms with Crippen molar-refractivity contribution in [3.8, 4) is 33.5 Å². The molecule has 0 atom stereocenters. The Kier molecular flexibility index (Phi) is 4.86. The van der Waals surface area contributed by atoms with Crippen molar-refractivity contribution >= 4 is 33.4 Å². The zero-order valence-corrected chi connectivity index (χ0v) is 18.5. The van der Waals surface area contributed by atoms with Crippen LogP contribution < -0.4 is 0 Å². The summed E-state index contributed by atoms with van der Waals surface area (Å²) >= 11 is 6.67. The highest BCUT2D eigenvalue weighted by molar-refractivity contribution is 6.32. The third-order valence-corrected chi connectivity index (χ3v) is 6.22. The van der Waals surface area contributed by atoms with Gasteiger partial charge in [0.05, 0.1) is 11.0 Å². The predicted octanol–water partition coefficient (Wildman–Crippen LogP) is 8.44. The molecule has 0 saturated carbocycles. The smallest absolute Gasteiger partial charge is 0.156 e. The molecule has 6 aromatic rings. The molecule has 5 aromatic carbocycles. The number of halogens is 1. The van der Waals surface area contributed by atoms with E-state index in [2.05, 4.69) is 91.0 Å². The molecule has 0 N–H and O–H groups in total. The number of nitrogens with zero attached hydrogens (tertiary/aromatic N) is 2. The molecule has 0 amide bonds. The fourth-order valence-electron chi connectivity index (χ4n) is 4.31. The lowest BCUT2D eigenvalue weighted by Crippen LogP contribution is -1.94. The van der Waals surface area contributed by atoms with Gasteiger partial charge in [0.2, 0.25) is 0 Å². The highest BCUT2D eigenvalue weighted by atomic mass is 35.5. The van der Waals surface area contributed by atoms with Crippen LogP contribution in [0.5, 0.6) is 0 Å². The first-order valence-corrected chi connectivity index (χ1v) is 11.3. The monoisotopic (exact) mass is 442 g/mol. The summed E-state index contributed by atoms with van der Waals surface area (Å²) in [6.07, 6.45) is 0. The maximum atomic E-state index is 6.67. The van der Waals surface area contributed by atoms with Crippen molar-refractivity contribution in [1.29, 1.82) is 0 Å². The molecular weight excluding hydrogens is 424 g/mol. The summed E-state index contributed by atoms with van der Waals surface area (Å²) < 4.78 is 0. The van der Waals surface area contributed by atoms with E-state index in [1.807, 2.05) is 24.3 Å². The second kappa shape index (κ2) is 8.16. The van der Waals surface area contributed by atoms with Gasteiger partial charge in [-0.3, -0.25) is 0 Å². The van der Waals surface area contributed by atoms with Gasteiger partial charge in [0, 0.05) is 5.56 Å². The minimum absolute atomic E-state index is 0.407. The molecule has 0 aliphatic heterocycles. The standard InChI is InChI=1S/C30H19ClN2/c31-30-29(24-16-15-20-9-7-8-14-23(20)17-24)32-27-18-25(21-10-3-1-4-11-21)26(19-28(27)33-30)22-12-5-2-6-13-22/h1-19H. The van der Waals surface area contributed by atoms with Crippen molar-refractivity contribution < 1.29 is 0 Å². The van der Waals surface area contributed by atoms with Crippen molar-refractivity contribution in [2.45, 2.75) is 0 Å². The van der Waals surface area contributed by atoms with E-state index in [1.165, 1.54) is 5.39 Å². The second-order valence-corrected chi connectivity index (χ2v) is 8.40. The molecule has 0 aliphatic rings. The Morgan fingerprint density at radius 3 is 1.64 bits per heavy atom. The van der Waals surface area contributed by atoms with E-state index in [0.717, 1.165) is 44.2 Å². The number of aromatic nitrogens is 2. The van der Waals surface area contributed by atoms with Gasteiger partial charge in [-0.2, -0.15) is 0 Å². The first-order chi connectivity index (χ1) is 16.3. The average molecular weight is 443 g/mol. The number of benzene rings is 5. The van der Waals surface area contributed by atoms with Crippen molar-refractivity contribution in [2.75, 3.05) is 0 Å². The van der Waals surface area contributed by atoms with Gasteiger partial charge < -0.3 is 0 Å². The van der Waals surface area contributed by atoms with Gasteiger partial charge in [0.1, 0.15) is 5.69 Å². The van der Waals surface area contributed by atoms with Crippen molar-refractivity contribution in [2.24, 2.45) is 0 Å². The van der Waals surface area contributed by atoms with Crippen LogP contribution in [0.1, 0.15) is 0 Å². The molecule has 1 heterocycles. The number of hydrogen-bond donors (Lipinski definition) is 0. The Morgan fingerprint density at radius 2 is 1.00 bits per heavy atom. The highest BCUT2D eigenvalue weighted by Gasteiger charge is 2.15. The molecular formula is C30H19ClN2. The van der Waals surface area contributed by atoms with Gasteiger partial charge in [-0.15, -0.1) is 0 Å². The Bertz CT molecular complexity index is 1610. The maximum absolute atomic E-state index is 6.67. The Labute approximate surface area is 197 Å². The van der Waals surface area contributed by atoms with E-state index in [0.29, 0.717) is 10.8 Å². The van der Waals surface area contributed by atoms with E-state index in [4.69, 9.17) is 21.6 Å². The van der Waals surface area contributed by atoms with Crippen LogP contribution >= 0.6 is 11.6 Å². The van der Waals surface area contributed by atoms with Crippen LogP contribution in [0.15, 0.2) is 115 Å². The lowest BCUT2D eigenvalue weighted by atomic mass is 9.93. The van der Waals surface area contributed by atoms with Gasteiger partial charge in [0.15, 0.2) is 5.15 Å². The quantitative estimate of drug-likeness (QED) is 0.275. The van der Waals surface area contributed by atoms with Gasteiger partial charge in [-0.05, 0) is 51.2 Å². The topological polar surface area (TPSA) is 25.8 Å². The maximum Gasteiger partial charge on any atom is 0.156 e. The van der Waals surface area contributed by atoms with E-state index in [1.54, 1.807) is 0 Å². The zero-order valence-electron chi connectivity index (χ0n) is 17.7. The lowest BCUT2D eigenvalue weighted by Gasteiger charge is -2.13. The van der Waals surface area contributed by atoms with E-state index < -0.39 is 0 Å². The highest BCUT2D eigenvalue weighted by Crippen LogP contribution is 2.37. The summed E-state index contributed by atoms with van der Waals surface area (Å²) in [4.78, 5) is 9.73. The summed E-state index contributed by atoms with van der Waals surface area (Å²) in [5.74, 6) is 0. The molecule has 33 heavy (non-hydrogen) atoms. The van der Waals surface area contributed by atoms with Crippen molar-refractivity contribution in [3.63, 3.8) is 0 Å². The van der Waals surface area contributed by atoms with Gasteiger partial charge >= 0.3 is 0 Å². The van der Waals surface area contributed by atoms with Crippen molar-refractivity contribution in [1.82, 2.24) is 9.97 Å². The molecule has 0 bridgehead atoms.